The lowest BCUT2D eigenvalue weighted by Crippen LogP contribution is -2.08. The summed E-state index contributed by atoms with van der Waals surface area (Å²) >= 11 is 0. The molecule has 0 fully saturated rings. The zero-order valence-corrected chi connectivity index (χ0v) is 13.6. The zero-order valence-electron chi connectivity index (χ0n) is 13.6. The predicted molar refractivity (Wildman–Crippen MR) is 94.7 cm³/mol. The summed E-state index contributed by atoms with van der Waals surface area (Å²) in [5, 5.41) is 4.10. The van der Waals surface area contributed by atoms with E-state index in [1.807, 2.05) is 60.7 Å². The van der Waals surface area contributed by atoms with Crippen molar-refractivity contribution in [3.63, 3.8) is 0 Å². The van der Waals surface area contributed by atoms with Crippen molar-refractivity contribution in [3.8, 4) is 5.88 Å². The highest BCUT2D eigenvalue weighted by atomic mass is 16.7. The van der Waals surface area contributed by atoms with Gasteiger partial charge in [0.1, 0.15) is 5.71 Å². The molecular formula is C20H16N2O3. The van der Waals surface area contributed by atoms with Crippen molar-refractivity contribution in [3.05, 3.63) is 95.7 Å². The molecule has 2 aromatic carbocycles. The first kappa shape index (κ1) is 16.4. The Labute approximate surface area is 145 Å². The molecule has 0 N–H and O–H groups in total. The van der Waals surface area contributed by atoms with Crippen LogP contribution in [0.3, 0.4) is 0 Å². The van der Waals surface area contributed by atoms with E-state index in [4.69, 9.17) is 9.57 Å². The Bertz CT molecular complexity index is 836. The Morgan fingerprint density at radius 2 is 1.48 bits per heavy atom. The molecule has 1 heterocycles. The van der Waals surface area contributed by atoms with Gasteiger partial charge in [-0.3, -0.25) is 0 Å². The van der Waals surface area contributed by atoms with E-state index in [1.165, 1.54) is 19.4 Å². The molecule has 0 aliphatic rings. The number of pyridine rings is 1. The molecule has 5 nitrogen and oxygen atoms in total. The van der Waals surface area contributed by atoms with Crippen molar-refractivity contribution in [2.75, 3.05) is 7.11 Å². The van der Waals surface area contributed by atoms with Crippen LogP contribution in [0, 0.1) is 0 Å². The van der Waals surface area contributed by atoms with Crippen LogP contribution in [-0.4, -0.2) is 23.8 Å². The highest BCUT2D eigenvalue weighted by Gasteiger charge is 2.12. The third-order valence-corrected chi connectivity index (χ3v) is 3.49. The smallest absolute Gasteiger partial charge is 0.366 e. The Hall–Kier alpha value is -3.47. The summed E-state index contributed by atoms with van der Waals surface area (Å²) in [5.41, 5.74) is 2.61. The molecule has 0 radical (unpaired) electrons. The first-order valence-corrected chi connectivity index (χ1v) is 7.68. The second kappa shape index (κ2) is 7.88. The number of methoxy groups -OCH3 is 1. The Kier molecular flexibility index (Phi) is 5.16. The molecule has 25 heavy (non-hydrogen) atoms. The fourth-order valence-electron chi connectivity index (χ4n) is 2.25. The lowest BCUT2D eigenvalue weighted by atomic mass is 10.0. The van der Waals surface area contributed by atoms with Crippen LogP contribution in [-0.2, 0) is 4.84 Å². The van der Waals surface area contributed by atoms with Crippen molar-refractivity contribution in [1.82, 2.24) is 4.98 Å². The minimum Gasteiger partial charge on any atom is -0.481 e. The van der Waals surface area contributed by atoms with Crippen LogP contribution in [0.2, 0.25) is 0 Å². The van der Waals surface area contributed by atoms with Crippen molar-refractivity contribution in [1.29, 1.82) is 0 Å². The molecule has 0 bridgehead atoms. The maximum Gasteiger partial charge on any atom is 0.366 e. The average molecular weight is 332 g/mol. The van der Waals surface area contributed by atoms with Gasteiger partial charge in [-0.15, -0.1) is 0 Å². The number of ether oxygens (including phenoxy) is 1. The topological polar surface area (TPSA) is 60.8 Å². The maximum atomic E-state index is 12.3. The summed E-state index contributed by atoms with van der Waals surface area (Å²) < 4.78 is 5.01. The third kappa shape index (κ3) is 4.09. The molecular weight excluding hydrogens is 316 g/mol. The van der Waals surface area contributed by atoms with Crippen LogP contribution in [0.1, 0.15) is 21.5 Å². The summed E-state index contributed by atoms with van der Waals surface area (Å²) in [6, 6.07) is 22.2. The number of rotatable bonds is 5. The number of hydrogen-bond acceptors (Lipinski definition) is 5. The molecule has 3 aromatic rings. The largest absolute Gasteiger partial charge is 0.481 e. The number of hydrogen-bond donors (Lipinski definition) is 0. The standard InChI is InChI=1S/C20H16N2O3/c1-24-18-14-17(12-13-21-18)20(23)25-22-19(15-8-4-2-5-9-15)16-10-6-3-7-11-16/h2-14H,1H3. The number of benzene rings is 2. The predicted octanol–water partition coefficient (Wildman–Crippen LogP) is 3.70. The highest BCUT2D eigenvalue weighted by Crippen LogP contribution is 2.13. The van der Waals surface area contributed by atoms with Gasteiger partial charge in [0.2, 0.25) is 5.88 Å². The summed E-state index contributed by atoms with van der Waals surface area (Å²) in [5.74, 6) is -0.241. The molecule has 0 unspecified atom stereocenters. The third-order valence-electron chi connectivity index (χ3n) is 3.49. The van der Waals surface area contributed by atoms with Gasteiger partial charge in [0, 0.05) is 23.4 Å². The first-order valence-electron chi connectivity index (χ1n) is 7.68. The minimum atomic E-state index is -0.579. The lowest BCUT2D eigenvalue weighted by Gasteiger charge is -2.07. The van der Waals surface area contributed by atoms with Crippen LogP contribution >= 0.6 is 0 Å². The molecule has 124 valence electrons. The number of oxime groups is 1. The number of carbonyl (C=O) groups excluding carboxylic acids is 1. The number of nitrogens with zero attached hydrogens (tertiary/aromatic N) is 2. The average Bonchev–Trinajstić information content (AvgIpc) is 2.69. The van der Waals surface area contributed by atoms with Crippen LogP contribution in [0.5, 0.6) is 5.88 Å². The van der Waals surface area contributed by atoms with E-state index in [1.54, 1.807) is 6.07 Å². The lowest BCUT2D eigenvalue weighted by molar-refractivity contribution is 0.0516. The molecule has 0 aliphatic carbocycles. The van der Waals surface area contributed by atoms with Gasteiger partial charge in [-0.2, -0.15) is 0 Å². The second-order valence-electron chi connectivity index (χ2n) is 5.14. The fraction of sp³-hybridized carbons (Fsp3) is 0.0500. The van der Waals surface area contributed by atoms with E-state index in [0.717, 1.165) is 11.1 Å². The number of carbonyl (C=O) groups is 1. The minimum absolute atomic E-state index is 0.316. The number of aromatic nitrogens is 1. The van der Waals surface area contributed by atoms with E-state index in [-0.39, 0.29) is 0 Å². The van der Waals surface area contributed by atoms with Crippen molar-refractivity contribution in [2.24, 2.45) is 5.16 Å². The second-order valence-corrected chi connectivity index (χ2v) is 5.14. The van der Waals surface area contributed by atoms with Crippen LogP contribution in [0.25, 0.3) is 0 Å². The molecule has 0 saturated heterocycles. The highest BCUT2D eigenvalue weighted by molar-refractivity contribution is 6.12. The molecule has 0 spiro atoms. The molecule has 0 aliphatic heterocycles. The van der Waals surface area contributed by atoms with E-state index in [0.29, 0.717) is 17.2 Å². The monoisotopic (exact) mass is 332 g/mol. The van der Waals surface area contributed by atoms with Gasteiger partial charge >= 0.3 is 5.97 Å². The van der Waals surface area contributed by atoms with E-state index in [2.05, 4.69) is 10.1 Å². The van der Waals surface area contributed by atoms with E-state index in [9.17, 15) is 4.79 Å². The molecule has 3 rings (SSSR count). The molecule has 1 aromatic heterocycles. The Morgan fingerprint density at radius 1 is 0.880 bits per heavy atom. The molecule has 5 heteroatoms. The Balaban J connectivity index is 1.90. The quantitative estimate of drug-likeness (QED) is 0.406. The van der Waals surface area contributed by atoms with Crippen LogP contribution in [0.15, 0.2) is 84.1 Å². The molecule has 0 amide bonds. The maximum absolute atomic E-state index is 12.3. The first-order chi connectivity index (χ1) is 12.3. The van der Waals surface area contributed by atoms with Gasteiger partial charge in [-0.1, -0.05) is 65.8 Å². The fourth-order valence-corrected chi connectivity index (χ4v) is 2.25. The van der Waals surface area contributed by atoms with Gasteiger partial charge in [-0.25, -0.2) is 9.78 Å². The van der Waals surface area contributed by atoms with Crippen molar-refractivity contribution in [2.45, 2.75) is 0 Å². The normalized spacial score (nSPS) is 9.96. The summed E-state index contributed by atoms with van der Waals surface area (Å²) in [6.07, 6.45) is 1.48. The van der Waals surface area contributed by atoms with E-state index >= 15 is 0 Å². The molecule has 0 atom stereocenters. The van der Waals surface area contributed by atoms with Gasteiger partial charge in [0.05, 0.1) is 12.7 Å². The summed E-state index contributed by atoms with van der Waals surface area (Å²) in [6.45, 7) is 0. The van der Waals surface area contributed by atoms with Gasteiger partial charge in [0.15, 0.2) is 0 Å². The summed E-state index contributed by atoms with van der Waals surface area (Å²) in [4.78, 5) is 21.4. The SMILES string of the molecule is COc1cc(C(=O)ON=C(c2ccccc2)c2ccccc2)ccn1. The summed E-state index contributed by atoms with van der Waals surface area (Å²) in [7, 11) is 1.48. The van der Waals surface area contributed by atoms with Gasteiger partial charge < -0.3 is 9.57 Å². The van der Waals surface area contributed by atoms with Crippen LogP contribution in [0.4, 0.5) is 0 Å². The van der Waals surface area contributed by atoms with Crippen LogP contribution < -0.4 is 4.74 Å². The van der Waals surface area contributed by atoms with Gasteiger partial charge in [-0.05, 0) is 6.07 Å². The van der Waals surface area contributed by atoms with Gasteiger partial charge in [0.25, 0.3) is 0 Å². The van der Waals surface area contributed by atoms with Crippen molar-refractivity contribution < 1.29 is 14.4 Å². The Morgan fingerprint density at radius 3 is 2.04 bits per heavy atom. The van der Waals surface area contributed by atoms with Crippen molar-refractivity contribution >= 4 is 11.7 Å². The molecule has 0 saturated carbocycles. The van der Waals surface area contributed by atoms with E-state index < -0.39 is 5.97 Å². The zero-order chi connectivity index (χ0) is 17.5.